The molecule has 0 radical (unpaired) electrons. The van der Waals surface area contributed by atoms with Crippen molar-refractivity contribution in [2.75, 3.05) is 0 Å². The van der Waals surface area contributed by atoms with Crippen LogP contribution in [-0.2, 0) is 0 Å². The van der Waals surface area contributed by atoms with Crippen LogP contribution in [0.4, 0.5) is 22.7 Å². The van der Waals surface area contributed by atoms with Crippen LogP contribution < -0.4 is 34.8 Å². The molecular formula is C64H52As2N6. The molecule has 0 aliphatic heterocycles. The fourth-order valence-electron chi connectivity index (χ4n) is 8.87. The van der Waals surface area contributed by atoms with Crippen molar-refractivity contribution < 1.29 is 0 Å². The van der Waals surface area contributed by atoms with Crippen molar-refractivity contribution in [3.8, 4) is 0 Å². The monoisotopic (exact) mass is 1050 g/mol. The molecule has 0 bridgehead atoms. The summed E-state index contributed by atoms with van der Waals surface area (Å²) in [6.07, 6.45) is 0. The number of azo groups is 1. The van der Waals surface area contributed by atoms with Crippen LogP contribution in [0, 0.1) is 13.8 Å². The van der Waals surface area contributed by atoms with Crippen molar-refractivity contribution >= 4 is 96.7 Å². The molecule has 0 saturated carbocycles. The molecule has 8 heteroatoms. The molecule has 10 aromatic rings. The fraction of sp³-hybridized carbons (Fsp3) is 0.0312. The number of hydrogen-bond acceptors (Lipinski definition) is 4. The summed E-state index contributed by atoms with van der Waals surface area (Å²) in [5.41, 5.74) is 4.38. The summed E-state index contributed by atoms with van der Waals surface area (Å²) in [7, 11) is 0. The van der Waals surface area contributed by atoms with E-state index in [0.29, 0.717) is 22.7 Å². The van der Waals surface area contributed by atoms with Crippen molar-refractivity contribution in [2.45, 2.75) is 13.8 Å². The first-order chi connectivity index (χ1) is 35.5. The fourth-order valence-corrected chi connectivity index (χ4v) is 26.8. The molecule has 0 aliphatic carbocycles. The average molecular weight is 1060 g/mol. The molecule has 10 rings (SSSR count). The van der Waals surface area contributed by atoms with Crippen LogP contribution in [0.1, 0.15) is 11.1 Å². The Kier molecular flexibility index (Phi) is 17.4. The second kappa shape index (κ2) is 25.0. The van der Waals surface area contributed by atoms with Crippen molar-refractivity contribution in [1.82, 2.24) is 0 Å². The maximum absolute atomic E-state index is 8.54. The Morgan fingerprint density at radius 3 is 0.639 bits per heavy atom. The van der Waals surface area contributed by atoms with Gasteiger partial charge in [0.25, 0.3) is 0 Å². The SMILES string of the molecule is Cc1cc(N=C=[N-])ccc1N=Nc1ccc(N=C=[N-])cc1C.c1ccc([As+](c2ccccc2)(c2ccccc2)c2ccccc2)cc1.c1ccc([As+](c2ccccc2)(c2ccccc2)c2ccccc2)cc1. The topological polar surface area (TPSA) is 94.0 Å². The van der Waals surface area contributed by atoms with Gasteiger partial charge in [0.1, 0.15) is 0 Å². The van der Waals surface area contributed by atoms with Gasteiger partial charge in [0, 0.05) is 0 Å². The molecule has 0 aliphatic rings. The van der Waals surface area contributed by atoms with Gasteiger partial charge in [-0.15, -0.1) is 0 Å². The van der Waals surface area contributed by atoms with E-state index in [0.717, 1.165) is 11.1 Å². The molecule has 0 unspecified atom stereocenters. The first-order valence-electron chi connectivity index (χ1n) is 23.5. The predicted molar refractivity (Wildman–Crippen MR) is 308 cm³/mol. The van der Waals surface area contributed by atoms with Gasteiger partial charge in [-0.2, -0.15) is 22.2 Å². The van der Waals surface area contributed by atoms with Crippen LogP contribution >= 0.6 is 0 Å². The quantitative estimate of drug-likeness (QED) is 0.0662. The summed E-state index contributed by atoms with van der Waals surface area (Å²) >= 11 is -5.54. The Labute approximate surface area is 428 Å². The van der Waals surface area contributed by atoms with Crippen molar-refractivity contribution in [2.24, 2.45) is 20.2 Å². The second-order valence-electron chi connectivity index (χ2n) is 16.6. The Morgan fingerprint density at radius 2 is 0.472 bits per heavy atom. The van der Waals surface area contributed by atoms with Crippen LogP contribution in [0.3, 0.4) is 0 Å². The summed E-state index contributed by atoms with van der Waals surface area (Å²) < 4.78 is 11.6. The molecule has 0 spiro atoms. The molecule has 0 fully saturated rings. The van der Waals surface area contributed by atoms with E-state index in [-0.39, 0.29) is 0 Å². The molecule has 72 heavy (non-hydrogen) atoms. The summed E-state index contributed by atoms with van der Waals surface area (Å²) in [5, 5.41) is 25.5. The summed E-state index contributed by atoms with van der Waals surface area (Å²) in [4.78, 5) is 7.33. The molecule has 0 amide bonds. The molecule has 10 aromatic carbocycles. The zero-order valence-corrected chi connectivity index (χ0v) is 43.9. The first kappa shape index (κ1) is 50.1. The zero-order chi connectivity index (χ0) is 49.9. The third-order valence-electron chi connectivity index (χ3n) is 12.1. The Hall–Kier alpha value is -8.32. The van der Waals surface area contributed by atoms with Gasteiger partial charge in [0.2, 0.25) is 0 Å². The Bertz CT molecular complexity index is 2850. The van der Waals surface area contributed by atoms with Crippen LogP contribution in [0.2, 0.25) is 0 Å². The van der Waals surface area contributed by atoms with Gasteiger partial charge < -0.3 is 20.8 Å². The third kappa shape index (κ3) is 11.5. The number of benzene rings is 10. The molecule has 0 aromatic heterocycles. The summed E-state index contributed by atoms with van der Waals surface area (Å²) in [6.45, 7) is 3.76. The molecule has 0 atom stereocenters. The van der Waals surface area contributed by atoms with Crippen molar-refractivity contribution in [3.63, 3.8) is 0 Å². The minimum absolute atomic E-state index is 0.595. The molecule has 6 nitrogen and oxygen atoms in total. The maximum atomic E-state index is 8.54. The van der Waals surface area contributed by atoms with E-state index in [1.54, 1.807) is 48.4 Å². The number of aliphatic imine (C=N–C) groups is 2. The van der Waals surface area contributed by atoms with E-state index in [1.807, 2.05) is 13.8 Å². The Balaban J connectivity index is 0.000000145. The minimum atomic E-state index is -2.77. The van der Waals surface area contributed by atoms with Crippen LogP contribution in [-0.4, -0.2) is 39.1 Å². The van der Waals surface area contributed by atoms with Gasteiger partial charge in [-0.3, -0.25) is 0 Å². The van der Waals surface area contributed by atoms with Gasteiger partial charge >= 0.3 is 305 Å². The summed E-state index contributed by atoms with van der Waals surface area (Å²) in [6, 6.07) is 102. The zero-order valence-electron chi connectivity index (χ0n) is 40.1. The molecule has 0 heterocycles. The first-order valence-corrected chi connectivity index (χ1v) is 31.0. The normalized spacial score (nSPS) is 10.9. The number of rotatable bonds is 12. The van der Waals surface area contributed by atoms with Crippen LogP contribution in [0.15, 0.2) is 299 Å². The van der Waals surface area contributed by atoms with Crippen LogP contribution in [0.5, 0.6) is 0 Å². The van der Waals surface area contributed by atoms with Gasteiger partial charge in [-0.25, -0.2) is 0 Å². The van der Waals surface area contributed by atoms with Gasteiger partial charge in [0.05, 0.1) is 11.4 Å². The predicted octanol–water partition coefficient (Wildman–Crippen LogP) is 11.6. The van der Waals surface area contributed by atoms with E-state index >= 15 is 0 Å². The van der Waals surface area contributed by atoms with E-state index in [1.165, 1.54) is 34.8 Å². The van der Waals surface area contributed by atoms with E-state index < -0.39 is 27.1 Å². The Morgan fingerprint density at radius 1 is 0.278 bits per heavy atom. The molecular weight excluding hydrogens is 1000 g/mol. The molecule has 0 saturated heterocycles. The standard InChI is InChI=1S/2C24H20As.C16H12N6/c2*1-5-13-21(14-6-1)25(22-15-7-2-8-16-22,23-17-9-3-10-18-23)24-19-11-4-12-20-24;1-11-7-13(19-9-17)3-5-15(11)21-22-16-6-4-14(20-10-18)8-12(16)2/h2*1-20H;3-8H,1-2H3/q2*+1;-2. The van der Waals surface area contributed by atoms with Gasteiger partial charge in [0.15, 0.2) is 0 Å². The van der Waals surface area contributed by atoms with Gasteiger partial charge in [-0.05, 0) is 48.5 Å². The van der Waals surface area contributed by atoms with E-state index in [2.05, 4.69) is 263 Å². The van der Waals surface area contributed by atoms with Gasteiger partial charge in [-0.1, -0.05) is 24.3 Å². The van der Waals surface area contributed by atoms with E-state index in [4.69, 9.17) is 10.8 Å². The average Bonchev–Trinajstić information content (AvgIpc) is 3.45. The number of nitrogens with zero attached hydrogens (tertiary/aromatic N) is 6. The third-order valence-corrected chi connectivity index (χ3v) is 30.1. The molecule has 0 N–H and O–H groups in total. The number of aryl methyl sites for hydroxylation is 2. The van der Waals surface area contributed by atoms with Crippen LogP contribution in [0.25, 0.3) is 10.8 Å². The summed E-state index contributed by atoms with van der Waals surface area (Å²) in [5.74, 6) is 0. The number of hydrogen-bond donors (Lipinski definition) is 0. The van der Waals surface area contributed by atoms with E-state index in [9.17, 15) is 0 Å². The molecule has 348 valence electrons. The van der Waals surface area contributed by atoms with Crippen molar-refractivity contribution in [1.29, 1.82) is 0 Å². The second-order valence-corrected chi connectivity index (χ2v) is 30.9. The van der Waals surface area contributed by atoms with Crippen molar-refractivity contribution in [3.05, 3.63) is 301 Å².